The summed E-state index contributed by atoms with van der Waals surface area (Å²) in [5, 5.41) is 2.80. The molecule has 6 heteroatoms. The zero-order chi connectivity index (χ0) is 17.0. The van der Waals surface area contributed by atoms with E-state index in [0.29, 0.717) is 17.1 Å². The van der Waals surface area contributed by atoms with Crippen LogP contribution in [0.4, 0.5) is 0 Å². The number of ether oxygens (including phenoxy) is 1. The molecule has 0 saturated heterocycles. The van der Waals surface area contributed by atoms with Gasteiger partial charge in [-0.15, -0.1) is 0 Å². The maximum absolute atomic E-state index is 12.4. The summed E-state index contributed by atoms with van der Waals surface area (Å²) in [5.41, 5.74) is 1.43. The van der Waals surface area contributed by atoms with E-state index in [9.17, 15) is 9.59 Å². The van der Waals surface area contributed by atoms with Gasteiger partial charge in [-0.05, 0) is 32.9 Å². The summed E-state index contributed by atoms with van der Waals surface area (Å²) in [6.45, 7) is 5.34. The first-order valence-corrected chi connectivity index (χ1v) is 7.42. The van der Waals surface area contributed by atoms with Crippen molar-refractivity contribution < 1.29 is 9.53 Å². The minimum atomic E-state index is -0.274. The van der Waals surface area contributed by atoms with E-state index in [1.165, 1.54) is 4.57 Å². The highest BCUT2D eigenvalue weighted by Gasteiger charge is 2.14. The molecule has 0 saturated carbocycles. The summed E-state index contributed by atoms with van der Waals surface area (Å²) in [7, 11) is 1.58. The molecule has 0 spiro atoms. The summed E-state index contributed by atoms with van der Waals surface area (Å²) in [6, 6.07) is 7.32. The fourth-order valence-electron chi connectivity index (χ4n) is 2.27. The Morgan fingerprint density at radius 3 is 2.78 bits per heavy atom. The van der Waals surface area contributed by atoms with E-state index in [2.05, 4.69) is 10.3 Å². The first kappa shape index (κ1) is 16.7. The molecule has 2 aromatic rings. The quantitative estimate of drug-likeness (QED) is 0.912. The number of amides is 1. The fraction of sp³-hybridized carbons (Fsp3) is 0.353. The van der Waals surface area contributed by atoms with E-state index >= 15 is 0 Å². The van der Waals surface area contributed by atoms with Gasteiger partial charge in [0.1, 0.15) is 18.0 Å². The number of methoxy groups -OCH3 is 1. The zero-order valence-corrected chi connectivity index (χ0v) is 13.8. The number of carbonyl (C=O) groups is 1. The van der Waals surface area contributed by atoms with Crippen LogP contribution >= 0.6 is 0 Å². The molecule has 2 rings (SSSR count). The summed E-state index contributed by atoms with van der Waals surface area (Å²) >= 11 is 0. The van der Waals surface area contributed by atoms with Crippen LogP contribution < -0.4 is 15.6 Å². The Balaban J connectivity index is 2.49. The summed E-state index contributed by atoms with van der Waals surface area (Å²) in [5.74, 6) is 0.463. The molecule has 6 nitrogen and oxygen atoms in total. The van der Waals surface area contributed by atoms with E-state index in [1.54, 1.807) is 20.2 Å². The summed E-state index contributed by atoms with van der Waals surface area (Å²) in [6.07, 6.45) is 1.61. The highest BCUT2D eigenvalue weighted by atomic mass is 16.5. The van der Waals surface area contributed by atoms with Crippen molar-refractivity contribution in [1.82, 2.24) is 14.9 Å². The number of nitrogens with one attached hydrogen (secondary N) is 1. The molecule has 0 unspecified atom stereocenters. The Morgan fingerprint density at radius 1 is 1.39 bits per heavy atom. The van der Waals surface area contributed by atoms with Gasteiger partial charge in [0.2, 0.25) is 5.91 Å². The van der Waals surface area contributed by atoms with Crippen molar-refractivity contribution in [2.45, 2.75) is 33.4 Å². The van der Waals surface area contributed by atoms with Gasteiger partial charge in [0.25, 0.3) is 5.56 Å². The first-order chi connectivity index (χ1) is 10.9. The van der Waals surface area contributed by atoms with Gasteiger partial charge in [-0.1, -0.05) is 12.1 Å². The number of benzene rings is 1. The van der Waals surface area contributed by atoms with Crippen molar-refractivity contribution in [3.8, 4) is 17.0 Å². The van der Waals surface area contributed by atoms with Gasteiger partial charge in [0, 0.05) is 11.6 Å². The maximum Gasteiger partial charge on any atom is 0.272 e. The molecule has 0 radical (unpaired) electrons. The number of carbonyl (C=O) groups excluding carboxylic acids is 1. The molecule has 122 valence electrons. The van der Waals surface area contributed by atoms with Gasteiger partial charge in [-0.25, -0.2) is 0 Å². The van der Waals surface area contributed by atoms with Crippen molar-refractivity contribution >= 4 is 5.91 Å². The predicted octanol–water partition coefficient (Wildman–Crippen LogP) is 1.75. The van der Waals surface area contributed by atoms with Crippen molar-refractivity contribution in [3.05, 3.63) is 46.5 Å². The molecule has 23 heavy (non-hydrogen) atoms. The van der Waals surface area contributed by atoms with Crippen LogP contribution in [0, 0.1) is 6.92 Å². The maximum atomic E-state index is 12.4. The van der Waals surface area contributed by atoms with Crippen molar-refractivity contribution in [3.63, 3.8) is 0 Å². The normalized spacial score (nSPS) is 10.7. The second kappa shape index (κ2) is 7.09. The van der Waals surface area contributed by atoms with Crippen molar-refractivity contribution in [1.29, 1.82) is 0 Å². The third-order valence-electron chi connectivity index (χ3n) is 3.34. The zero-order valence-electron chi connectivity index (χ0n) is 13.8. The monoisotopic (exact) mass is 315 g/mol. The van der Waals surface area contributed by atoms with Crippen molar-refractivity contribution in [2.75, 3.05) is 7.11 Å². The molecule has 0 atom stereocenters. The molecule has 1 heterocycles. The van der Waals surface area contributed by atoms with Gasteiger partial charge in [-0.2, -0.15) is 0 Å². The van der Waals surface area contributed by atoms with E-state index in [1.807, 2.05) is 38.1 Å². The van der Waals surface area contributed by atoms with Gasteiger partial charge in [-0.3, -0.25) is 19.1 Å². The van der Waals surface area contributed by atoms with Gasteiger partial charge < -0.3 is 10.1 Å². The summed E-state index contributed by atoms with van der Waals surface area (Å²) < 4.78 is 6.66. The van der Waals surface area contributed by atoms with Crippen LogP contribution in [0.3, 0.4) is 0 Å². The number of rotatable bonds is 5. The highest BCUT2D eigenvalue weighted by Crippen LogP contribution is 2.22. The standard InChI is InChI=1S/C17H21N3O3/c1-11(2)19-16(21)10-20-15(9-18-12(3)17(20)22)13-6-5-7-14(8-13)23-4/h5-9,11H,10H2,1-4H3,(H,19,21). The van der Waals surface area contributed by atoms with Crippen LogP contribution in [0.2, 0.25) is 0 Å². The van der Waals surface area contributed by atoms with Crippen molar-refractivity contribution in [2.24, 2.45) is 0 Å². The van der Waals surface area contributed by atoms with Crippen LogP contribution in [-0.2, 0) is 11.3 Å². The van der Waals surface area contributed by atoms with Crippen LogP contribution in [-0.4, -0.2) is 28.6 Å². The highest BCUT2D eigenvalue weighted by molar-refractivity contribution is 5.77. The lowest BCUT2D eigenvalue weighted by Gasteiger charge is -2.15. The van der Waals surface area contributed by atoms with Gasteiger partial charge in [0.15, 0.2) is 0 Å². The average Bonchev–Trinajstić information content (AvgIpc) is 2.51. The third-order valence-corrected chi connectivity index (χ3v) is 3.34. The molecule has 0 aliphatic rings. The van der Waals surface area contributed by atoms with Gasteiger partial charge >= 0.3 is 0 Å². The first-order valence-electron chi connectivity index (χ1n) is 7.42. The number of nitrogens with zero attached hydrogens (tertiary/aromatic N) is 2. The largest absolute Gasteiger partial charge is 0.497 e. The molecule has 0 aliphatic heterocycles. The molecular weight excluding hydrogens is 294 g/mol. The molecule has 1 aromatic carbocycles. The smallest absolute Gasteiger partial charge is 0.272 e. The summed E-state index contributed by atoms with van der Waals surface area (Å²) in [4.78, 5) is 28.6. The fourth-order valence-corrected chi connectivity index (χ4v) is 2.27. The average molecular weight is 315 g/mol. The lowest BCUT2D eigenvalue weighted by atomic mass is 10.1. The Morgan fingerprint density at radius 2 is 2.13 bits per heavy atom. The number of aromatic nitrogens is 2. The lowest BCUT2D eigenvalue weighted by molar-refractivity contribution is -0.122. The van der Waals surface area contributed by atoms with Crippen LogP contribution in [0.15, 0.2) is 35.3 Å². The van der Waals surface area contributed by atoms with E-state index in [0.717, 1.165) is 5.56 Å². The number of aryl methyl sites for hydroxylation is 1. The predicted molar refractivity (Wildman–Crippen MR) is 88.5 cm³/mol. The topological polar surface area (TPSA) is 73.2 Å². The second-order valence-electron chi connectivity index (χ2n) is 5.57. The molecule has 0 fully saturated rings. The van der Waals surface area contributed by atoms with Crippen LogP contribution in [0.1, 0.15) is 19.5 Å². The van der Waals surface area contributed by atoms with E-state index < -0.39 is 0 Å². The Kier molecular flexibility index (Phi) is 5.16. The van der Waals surface area contributed by atoms with E-state index in [4.69, 9.17) is 4.74 Å². The number of hydrogen-bond donors (Lipinski definition) is 1. The lowest BCUT2D eigenvalue weighted by Crippen LogP contribution is -2.37. The Hall–Kier alpha value is -2.63. The molecule has 1 amide bonds. The molecule has 0 bridgehead atoms. The minimum absolute atomic E-state index is 0.0152. The van der Waals surface area contributed by atoms with Crippen LogP contribution in [0.5, 0.6) is 5.75 Å². The second-order valence-corrected chi connectivity index (χ2v) is 5.57. The Labute approximate surface area is 135 Å². The minimum Gasteiger partial charge on any atom is -0.497 e. The molecule has 1 aromatic heterocycles. The Bertz CT molecular complexity index is 766. The van der Waals surface area contributed by atoms with E-state index in [-0.39, 0.29) is 24.1 Å². The molecule has 1 N–H and O–H groups in total. The number of hydrogen-bond acceptors (Lipinski definition) is 4. The molecular formula is C17H21N3O3. The van der Waals surface area contributed by atoms with Crippen LogP contribution in [0.25, 0.3) is 11.3 Å². The third kappa shape index (κ3) is 3.97. The van der Waals surface area contributed by atoms with Gasteiger partial charge in [0.05, 0.1) is 19.0 Å². The SMILES string of the molecule is COc1cccc(-c2cnc(C)c(=O)n2CC(=O)NC(C)C)c1. The molecule has 0 aliphatic carbocycles.